The predicted molar refractivity (Wildman–Crippen MR) is 55.8 cm³/mol. The SMILES string of the molecule is CC(=CCCCSNC(N)=O)C(=O)O. The normalized spacial score (nSPS) is 11.1. The van der Waals surface area contributed by atoms with Crippen LogP contribution in [0.1, 0.15) is 19.8 Å². The van der Waals surface area contributed by atoms with Crippen LogP contribution in [-0.4, -0.2) is 22.9 Å². The summed E-state index contributed by atoms with van der Waals surface area (Å²) in [5.41, 5.74) is 5.18. The molecule has 0 saturated carbocycles. The number of primary amides is 1. The Kier molecular flexibility index (Phi) is 6.65. The van der Waals surface area contributed by atoms with Gasteiger partial charge < -0.3 is 10.8 Å². The molecule has 0 aromatic heterocycles. The summed E-state index contributed by atoms with van der Waals surface area (Å²) in [5, 5.41) is 8.51. The first kappa shape index (κ1) is 12.8. The molecular weight excluding hydrogens is 204 g/mol. The Labute approximate surface area is 86.9 Å². The lowest BCUT2D eigenvalue weighted by Crippen LogP contribution is -2.23. The maximum absolute atomic E-state index is 10.4. The quantitative estimate of drug-likeness (QED) is 0.354. The van der Waals surface area contributed by atoms with E-state index in [1.54, 1.807) is 13.0 Å². The van der Waals surface area contributed by atoms with Gasteiger partial charge in [-0.05, 0) is 31.7 Å². The molecule has 0 unspecified atom stereocenters. The van der Waals surface area contributed by atoms with Crippen molar-refractivity contribution in [1.82, 2.24) is 4.72 Å². The number of aliphatic carboxylic acids is 1. The molecule has 0 aromatic rings. The van der Waals surface area contributed by atoms with Crippen LogP contribution in [0.15, 0.2) is 11.6 Å². The first-order chi connectivity index (χ1) is 6.54. The number of nitrogens with two attached hydrogens (primary N) is 1. The van der Waals surface area contributed by atoms with Gasteiger partial charge in [0.2, 0.25) is 0 Å². The van der Waals surface area contributed by atoms with E-state index in [1.165, 1.54) is 11.9 Å². The van der Waals surface area contributed by atoms with Crippen molar-refractivity contribution in [1.29, 1.82) is 0 Å². The number of urea groups is 1. The largest absolute Gasteiger partial charge is 0.478 e. The second-order valence-electron chi connectivity index (χ2n) is 2.65. The molecule has 0 rings (SSSR count). The van der Waals surface area contributed by atoms with E-state index in [0.717, 1.165) is 6.42 Å². The van der Waals surface area contributed by atoms with Crippen molar-refractivity contribution in [3.63, 3.8) is 0 Å². The van der Waals surface area contributed by atoms with E-state index in [9.17, 15) is 9.59 Å². The van der Waals surface area contributed by atoms with Crippen LogP contribution in [0.25, 0.3) is 0 Å². The molecule has 2 amide bonds. The van der Waals surface area contributed by atoms with Crippen LogP contribution in [0.4, 0.5) is 4.79 Å². The van der Waals surface area contributed by atoms with E-state index < -0.39 is 12.0 Å². The Morgan fingerprint density at radius 2 is 2.21 bits per heavy atom. The summed E-state index contributed by atoms with van der Waals surface area (Å²) in [7, 11) is 0. The van der Waals surface area contributed by atoms with Crippen molar-refractivity contribution in [2.45, 2.75) is 19.8 Å². The fourth-order valence-electron chi connectivity index (χ4n) is 0.684. The maximum atomic E-state index is 10.4. The van der Waals surface area contributed by atoms with Gasteiger partial charge in [-0.25, -0.2) is 9.59 Å². The van der Waals surface area contributed by atoms with Crippen molar-refractivity contribution in [2.24, 2.45) is 5.73 Å². The number of unbranched alkanes of at least 4 members (excludes halogenated alkanes) is 1. The van der Waals surface area contributed by atoms with Gasteiger partial charge in [-0.2, -0.15) is 0 Å². The number of carbonyl (C=O) groups excluding carboxylic acids is 1. The van der Waals surface area contributed by atoms with Gasteiger partial charge in [0.25, 0.3) is 0 Å². The van der Waals surface area contributed by atoms with Crippen molar-refractivity contribution < 1.29 is 14.7 Å². The minimum atomic E-state index is -0.895. The fraction of sp³-hybridized carbons (Fsp3) is 0.500. The van der Waals surface area contributed by atoms with Crippen LogP contribution in [0.3, 0.4) is 0 Å². The number of nitrogens with one attached hydrogen (secondary N) is 1. The van der Waals surface area contributed by atoms with Gasteiger partial charge in [0.15, 0.2) is 0 Å². The number of allylic oxidation sites excluding steroid dienone is 1. The lowest BCUT2D eigenvalue weighted by molar-refractivity contribution is -0.132. The zero-order valence-electron chi connectivity index (χ0n) is 7.95. The smallest absolute Gasteiger partial charge is 0.330 e. The van der Waals surface area contributed by atoms with Gasteiger partial charge in [-0.3, -0.25) is 4.72 Å². The molecule has 14 heavy (non-hydrogen) atoms. The van der Waals surface area contributed by atoms with Crippen LogP contribution >= 0.6 is 11.9 Å². The molecule has 0 radical (unpaired) electrons. The molecule has 0 spiro atoms. The third-order valence-corrected chi connectivity index (χ3v) is 2.25. The van der Waals surface area contributed by atoms with Crippen molar-refractivity contribution in [3.8, 4) is 0 Å². The molecule has 80 valence electrons. The van der Waals surface area contributed by atoms with Gasteiger partial charge in [0.05, 0.1) is 0 Å². The molecule has 4 N–H and O–H groups in total. The molecule has 0 aromatic carbocycles. The summed E-state index contributed by atoms with van der Waals surface area (Å²) in [6.45, 7) is 1.55. The molecule has 0 bridgehead atoms. The molecule has 0 atom stereocenters. The molecule has 6 heteroatoms. The minimum Gasteiger partial charge on any atom is -0.478 e. The summed E-state index contributed by atoms with van der Waals surface area (Å²) in [4.78, 5) is 20.6. The Balaban J connectivity index is 3.42. The lowest BCUT2D eigenvalue weighted by atomic mass is 10.2. The molecule has 0 heterocycles. The maximum Gasteiger partial charge on any atom is 0.330 e. The van der Waals surface area contributed by atoms with E-state index in [2.05, 4.69) is 4.72 Å². The Hall–Kier alpha value is -1.17. The monoisotopic (exact) mass is 218 g/mol. The second kappa shape index (κ2) is 7.25. The van der Waals surface area contributed by atoms with Crippen molar-refractivity contribution >= 4 is 23.9 Å². The summed E-state index contributed by atoms with van der Waals surface area (Å²) < 4.78 is 2.37. The fourth-order valence-corrected chi connectivity index (χ4v) is 1.24. The van der Waals surface area contributed by atoms with Gasteiger partial charge in [-0.15, -0.1) is 0 Å². The number of amides is 2. The van der Waals surface area contributed by atoms with Crippen LogP contribution in [0.5, 0.6) is 0 Å². The summed E-state index contributed by atoms with van der Waals surface area (Å²) >= 11 is 1.22. The zero-order chi connectivity index (χ0) is 11.0. The van der Waals surface area contributed by atoms with Crippen molar-refractivity contribution in [2.75, 3.05) is 5.75 Å². The number of carbonyl (C=O) groups is 2. The highest BCUT2D eigenvalue weighted by Gasteiger charge is 1.98. The molecule has 0 aliphatic carbocycles. The molecule has 0 aliphatic rings. The molecule has 0 fully saturated rings. The van der Waals surface area contributed by atoms with Crippen molar-refractivity contribution in [3.05, 3.63) is 11.6 Å². The van der Waals surface area contributed by atoms with E-state index in [4.69, 9.17) is 10.8 Å². The first-order valence-electron chi connectivity index (χ1n) is 4.11. The lowest BCUT2D eigenvalue weighted by Gasteiger charge is -1.98. The summed E-state index contributed by atoms with van der Waals surface area (Å²) in [6.07, 6.45) is 3.15. The van der Waals surface area contributed by atoms with E-state index in [0.29, 0.717) is 17.7 Å². The van der Waals surface area contributed by atoms with E-state index >= 15 is 0 Å². The van der Waals surface area contributed by atoms with Gasteiger partial charge >= 0.3 is 12.0 Å². The summed E-state index contributed by atoms with van der Waals surface area (Å²) in [5.74, 6) is -0.181. The number of hydrogen-bond donors (Lipinski definition) is 3. The predicted octanol–water partition coefficient (Wildman–Crippen LogP) is 1.11. The second-order valence-corrected chi connectivity index (χ2v) is 3.55. The Morgan fingerprint density at radius 1 is 1.57 bits per heavy atom. The highest BCUT2D eigenvalue weighted by molar-refractivity contribution is 7.97. The van der Waals surface area contributed by atoms with Crippen LogP contribution in [0, 0.1) is 0 Å². The van der Waals surface area contributed by atoms with E-state index in [-0.39, 0.29) is 0 Å². The van der Waals surface area contributed by atoms with Gasteiger partial charge in [-0.1, -0.05) is 6.08 Å². The van der Waals surface area contributed by atoms with Crippen LogP contribution in [-0.2, 0) is 4.79 Å². The zero-order valence-corrected chi connectivity index (χ0v) is 8.76. The standard InChI is InChI=1S/C8H14N2O3S/c1-6(7(11)12)4-2-3-5-14-10-8(9)13/h4H,2-3,5H2,1H3,(H,11,12)(H3,9,10,13). The van der Waals surface area contributed by atoms with E-state index in [1.807, 2.05) is 0 Å². The number of carboxylic acids is 1. The van der Waals surface area contributed by atoms with Gasteiger partial charge in [0, 0.05) is 11.3 Å². The molecule has 0 saturated heterocycles. The molecule has 5 nitrogen and oxygen atoms in total. The highest BCUT2D eigenvalue weighted by Crippen LogP contribution is 2.03. The third kappa shape index (κ3) is 7.48. The third-order valence-electron chi connectivity index (χ3n) is 1.41. The Morgan fingerprint density at radius 3 is 2.71 bits per heavy atom. The van der Waals surface area contributed by atoms with Gasteiger partial charge in [0.1, 0.15) is 0 Å². The number of hydrogen-bond acceptors (Lipinski definition) is 3. The van der Waals surface area contributed by atoms with Crippen LogP contribution < -0.4 is 10.5 Å². The highest BCUT2D eigenvalue weighted by atomic mass is 32.2. The van der Waals surface area contributed by atoms with Crippen LogP contribution in [0.2, 0.25) is 0 Å². The number of rotatable bonds is 6. The Bertz CT molecular complexity index is 241. The topological polar surface area (TPSA) is 92.4 Å². The average molecular weight is 218 g/mol. The summed E-state index contributed by atoms with van der Waals surface area (Å²) in [6, 6.07) is -0.563. The number of carboxylic acid groups (broad SMARTS) is 1. The molecular formula is C8H14N2O3S. The minimum absolute atomic E-state index is 0.345. The average Bonchev–Trinajstić information content (AvgIpc) is 2.09. The first-order valence-corrected chi connectivity index (χ1v) is 5.10. The molecule has 0 aliphatic heterocycles.